The van der Waals surface area contributed by atoms with Crippen LogP contribution in [-0.2, 0) is 25.9 Å². The molecule has 1 aliphatic carbocycles. The number of nitrogen functional groups attached to an aromatic ring is 1. The second-order valence-electron chi connectivity index (χ2n) is 7.58. The number of aryl methyl sites for hydroxylation is 2. The van der Waals surface area contributed by atoms with Crippen molar-refractivity contribution >= 4 is 51.3 Å². The monoisotopic (exact) mass is 503 g/mol. The van der Waals surface area contributed by atoms with E-state index >= 15 is 0 Å². The number of benzene rings is 1. The van der Waals surface area contributed by atoms with Crippen LogP contribution in [0.1, 0.15) is 38.6 Å². The number of fused-ring (bicyclic) bond motifs is 3. The first-order chi connectivity index (χ1) is 15.8. The second kappa shape index (κ2) is 10.2. The van der Waals surface area contributed by atoms with Gasteiger partial charge in [0.1, 0.15) is 16.2 Å². The van der Waals surface area contributed by atoms with Gasteiger partial charge < -0.3 is 26.9 Å². The van der Waals surface area contributed by atoms with Gasteiger partial charge in [-0.15, -0.1) is 23.7 Å². The van der Waals surface area contributed by atoms with Crippen LogP contribution in [0.3, 0.4) is 0 Å². The van der Waals surface area contributed by atoms with Gasteiger partial charge in [0, 0.05) is 18.0 Å². The third kappa shape index (κ3) is 4.72. The zero-order chi connectivity index (χ0) is 23.7. The summed E-state index contributed by atoms with van der Waals surface area (Å²) in [6.45, 7) is 0.916. The number of halogens is 1. The minimum Gasteiger partial charge on any atom is -0.475 e. The maximum atomic E-state index is 11.8. The molecule has 12 heteroatoms. The first-order valence-electron chi connectivity index (χ1n) is 10.2. The van der Waals surface area contributed by atoms with E-state index in [2.05, 4.69) is 15.3 Å². The number of H-pyrrole nitrogens is 1. The molecule has 0 fully saturated rings. The summed E-state index contributed by atoms with van der Waals surface area (Å²) in [5, 5.41) is 12.2. The van der Waals surface area contributed by atoms with E-state index in [1.807, 2.05) is 24.3 Å². The number of rotatable bonds is 5. The fourth-order valence-corrected chi connectivity index (χ4v) is 5.01. The minimum atomic E-state index is -1.20. The molecule has 0 saturated carbocycles. The van der Waals surface area contributed by atoms with E-state index in [4.69, 9.17) is 16.6 Å². The van der Waals surface area contributed by atoms with Crippen LogP contribution in [0.4, 0.5) is 11.4 Å². The number of hydrogen-bond donors (Lipinski definition) is 5. The first kappa shape index (κ1) is 25.1. The molecule has 0 saturated heterocycles. The number of carboxylic acids is 1. The van der Waals surface area contributed by atoms with Crippen molar-refractivity contribution < 1.29 is 9.90 Å². The van der Waals surface area contributed by atoms with Crippen LogP contribution >= 0.6 is 23.7 Å². The van der Waals surface area contributed by atoms with E-state index in [1.165, 1.54) is 16.2 Å². The summed E-state index contributed by atoms with van der Waals surface area (Å²) in [6, 6.07) is 7.67. The Hall–Kier alpha value is -3.54. The lowest BCUT2D eigenvalue weighted by Gasteiger charge is -2.10. The number of carbonyl (C=O) groups is 1. The lowest BCUT2D eigenvalue weighted by molar-refractivity contribution is 0.0683. The summed E-state index contributed by atoms with van der Waals surface area (Å²) in [6.07, 6.45) is 2.93. The highest BCUT2D eigenvalue weighted by atomic mass is 35.5. The standard InChI is InChI=1S/C12H13N3O2.C10H8N2O3S.ClH/c13-5-7-2-1-3-8(4-7)6-15-10-9(14)11(16)12(10)17;13-8-6-4-2-1-3-5(4)16-9(6)12-7(11-8)10(14)15;/h1-4,15H,5-6,13-14H2;1-3H2,(H,14,15)(H,11,12,13);1H. The Balaban J connectivity index is 0.000000185. The highest BCUT2D eigenvalue weighted by molar-refractivity contribution is 7.18. The van der Waals surface area contributed by atoms with Crippen molar-refractivity contribution in [1.82, 2.24) is 9.97 Å². The molecule has 0 amide bonds. The van der Waals surface area contributed by atoms with Gasteiger partial charge in [0.25, 0.3) is 16.4 Å². The number of carboxylic acid groups (broad SMARTS) is 1. The topological polar surface area (TPSA) is 181 Å². The Kier molecular flexibility index (Phi) is 7.50. The van der Waals surface area contributed by atoms with Gasteiger partial charge in [0.05, 0.1) is 5.39 Å². The third-order valence-corrected chi connectivity index (χ3v) is 6.61. The summed E-state index contributed by atoms with van der Waals surface area (Å²) in [7, 11) is 0. The zero-order valence-electron chi connectivity index (χ0n) is 17.8. The molecule has 178 valence electrons. The van der Waals surface area contributed by atoms with Crippen LogP contribution in [0.25, 0.3) is 10.2 Å². The van der Waals surface area contributed by atoms with Crippen LogP contribution in [0.15, 0.2) is 38.6 Å². The lowest BCUT2D eigenvalue weighted by atomic mass is 10.1. The molecular formula is C22H22ClN5O5S. The lowest BCUT2D eigenvalue weighted by Crippen LogP contribution is -2.36. The number of aromatic amines is 1. The molecular weight excluding hydrogens is 482 g/mol. The molecule has 5 rings (SSSR count). The molecule has 0 atom stereocenters. The van der Waals surface area contributed by atoms with E-state index in [-0.39, 0.29) is 35.2 Å². The smallest absolute Gasteiger partial charge is 0.372 e. The number of aromatic carboxylic acids is 1. The normalized spacial score (nSPS) is 12.0. The number of thiophene rings is 1. The van der Waals surface area contributed by atoms with Gasteiger partial charge >= 0.3 is 5.97 Å². The Morgan fingerprint density at radius 1 is 1.18 bits per heavy atom. The van der Waals surface area contributed by atoms with Gasteiger partial charge in [-0.1, -0.05) is 24.3 Å². The van der Waals surface area contributed by atoms with Crippen LogP contribution in [0.2, 0.25) is 0 Å². The predicted octanol–water partition coefficient (Wildman–Crippen LogP) is 1.53. The average molecular weight is 504 g/mol. The summed E-state index contributed by atoms with van der Waals surface area (Å²) in [5.74, 6) is -1.48. The number of aromatic nitrogens is 2. The molecule has 0 bridgehead atoms. The quantitative estimate of drug-likeness (QED) is 0.252. The average Bonchev–Trinajstić information content (AvgIpc) is 3.40. The van der Waals surface area contributed by atoms with Crippen molar-refractivity contribution in [2.45, 2.75) is 32.4 Å². The van der Waals surface area contributed by atoms with Gasteiger partial charge in [-0.25, -0.2) is 9.78 Å². The van der Waals surface area contributed by atoms with Gasteiger partial charge in [-0.05, 0) is 36.0 Å². The van der Waals surface area contributed by atoms with E-state index in [1.54, 1.807) is 0 Å². The second-order valence-corrected chi connectivity index (χ2v) is 8.67. The molecule has 2 aromatic heterocycles. The fraction of sp³-hybridized carbons (Fsp3) is 0.227. The highest BCUT2D eigenvalue weighted by Crippen LogP contribution is 2.34. The molecule has 4 aromatic rings. The van der Waals surface area contributed by atoms with Gasteiger partial charge in [0.15, 0.2) is 0 Å². The first-order valence-corrected chi connectivity index (χ1v) is 11.0. The van der Waals surface area contributed by atoms with Crippen molar-refractivity contribution in [3.63, 3.8) is 0 Å². The number of hydrogen-bond acceptors (Lipinski definition) is 9. The van der Waals surface area contributed by atoms with Gasteiger partial charge in [-0.3, -0.25) is 14.4 Å². The molecule has 10 nitrogen and oxygen atoms in total. The van der Waals surface area contributed by atoms with Gasteiger partial charge in [0.2, 0.25) is 5.82 Å². The number of anilines is 2. The molecule has 0 aliphatic heterocycles. The van der Waals surface area contributed by atoms with Crippen molar-refractivity contribution in [3.05, 3.63) is 82.5 Å². The molecule has 34 heavy (non-hydrogen) atoms. The van der Waals surface area contributed by atoms with Crippen LogP contribution in [0.5, 0.6) is 0 Å². The molecule has 1 aliphatic rings. The Morgan fingerprint density at radius 3 is 2.59 bits per heavy atom. The molecule has 0 spiro atoms. The van der Waals surface area contributed by atoms with Crippen LogP contribution in [0, 0.1) is 0 Å². The van der Waals surface area contributed by atoms with Crippen LogP contribution < -0.4 is 33.2 Å². The van der Waals surface area contributed by atoms with Crippen molar-refractivity contribution in [2.75, 3.05) is 11.1 Å². The molecule has 0 radical (unpaired) electrons. The van der Waals surface area contributed by atoms with E-state index in [9.17, 15) is 19.2 Å². The molecule has 2 heterocycles. The van der Waals surface area contributed by atoms with Crippen LogP contribution in [-0.4, -0.2) is 21.0 Å². The highest BCUT2D eigenvalue weighted by Gasteiger charge is 2.22. The summed E-state index contributed by atoms with van der Waals surface area (Å²) in [4.78, 5) is 52.5. The Bertz CT molecular complexity index is 1500. The SMILES string of the molecule is Cl.NCc1cccc(CNc2c(N)c(=O)c2=O)c1.O=C(O)c1nc2sc3c(c2c(=O)[nH]1)CCC3. The zero-order valence-corrected chi connectivity index (χ0v) is 19.5. The number of nitrogens with two attached hydrogens (primary N) is 2. The van der Waals surface area contributed by atoms with E-state index in [0.717, 1.165) is 36.0 Å². The molecule has 0 unspecified atom stereocenters. The minimum absolute atomic E-state index is 0. The van der Waals surface area contributed by atoms with E-state index in [0.29, 0.717) is 23.3 Å². The fourth-order valence-electron chi connectivity index (χ4n) is 3.75. The summed E-state index contributed by atoms with van der Waals surface area (Å²) >= 11 is 1.44. The maximum absolute atomic E-state index is 11.8. The van der Waals surface area contributed by atoms with Crippen molar-refractivity contribution in [1.29, 1.82) is 0 Å². The largest absolute Gasteiger partial charge is 0.475 e. The Morgan fingerprint density at radius 2 is 1.91 bits per heavy atom. The molecule has 7 N–H and O–H groups in total. The maximum Gasteiger partial charge on any atom is 0.372 e. The number of nitrogens with one attached hydrogen (secondary N) is 2. The predicted molar refractivity (Wildman–Crippen MR) is 134 cm³/mol. The van der Waals surface area contributed by atoms with Gasteiger partial charge in [-0.2, -0.15) is 0 Å². The van der Waals surface area contributed by atoms with Crippen molar-refractivity contribution in [2.24, 2.45) is 5.73 Å². The van der Waals surface area contributed by atoms with Crippen molar-refractivity contribution in [3.8, 4) is 0 Å². The Labute approximate surface area is 202 Å². The molecule has 2 aromatic carbocycles. The number of nitrogens with zero attached hydrogens (tertiary/aromatic N) is 1. The summed E-state index contributed by atoms with van der Waals surface area (Å²) < 4.78 is 0. The summed E-state index contributed by atoms with van der Waals surface area (Å²) in [5.41, 5.74) is 12.7. The third-order valence-electron chi connectivity index (χ3n) is 5.42. The van der Waals surface area contributed by atoms with E-state index < -0.39 is 16.8 Å².